The minimum atomic E-state index is -0.636. The Bertz CT molecular complexity index is 861. The standard InChI is InChI=1S/C22H24N2O3S/c1-16(11-12-18-9-5-13-27-18)23-21(25)19(15-17-7-3-2-4-8-17)24-22(26)20-10-6-14-28-20/h2-10,13-14,16,19H,11-12,15H2,1H3,(H,23,25)(H,24,26). The Morgan fingerprint density at radius 2 is 1.86 bits per heavy atom. The molecular formula is C22H24N2O3S. The van der Waals surface area contributed by atoms with Crippen molar-refractivity contribution in [1.29, 1.82) is 0 Å². The normalized spacial score (nSPS) is 12.9. The summed E-state index contributed by atoms with van der Waals surface area (Å²) in [6.45, 7) is 1.96. The molecule has 28 heavy (non-hydrogen) atoms. The zero-order valence-electron chi connectivity index (χ0n) is 15.8. The first kappa shape index (κ1) is 19.9. The Hall–Kier alpha value is -2.86. The number of carbonyl (C=O) groups is 2. The summed E-state index contributed by atoms with van der Waals surface area (Å²) in [6, 6.07) is 16.4. The number of furan rings is 1. The van der Waals surface area contributed by atoms with E-state index in [1.807, 2.05) is 60.8 Å². The van der Waals surface area contributed by atoms with Crippen LogP contribution < -0.4 is 10.6 Å². The number of carbonyl (C=O) groups excluding carboxylic acids is 2. The zero-order chi connectivity index (χ0) is 19.8. The second-order valence-electron chi connectivity index (χ2n) is 6.72. The lowest BCUT2D eigenvalue weighted by atomic mass is 10.0. The van der Waals surface area contributed by atoms with Gasteiger partial charge in [0.2, 0.25) is 5.91 Å². The van der Waals surface area contributed by atoms with E-state index in [1.165, 1.54) is 11.3 Å². The number of benzene rings is 1. The van der Waals surface area contributed by atoms with E-state index in [9.17, 15) is 9.59 Å². The summed E-state index contributed by atoms with van der Waals surface area (Å²) in [6.07, 6.45) is 3.60. The smallest absolute Gasteiger partial charge is 0.262 e. The van der Waals surface area contributed by atoms with Crippen molar-refractivity contribution in [2.75, 3.05) is 0 Å². The van der Waals surface area contributed by atoms with Gasteiger partial charge in [0.25, 0.3) is 5.91 Å². The molecule has 0 aliphatic carbocycles. The van der Waals surface area contributed by atoms with E-state index in [0.717, 1.165) is 24.2 Å². The summed E-state index contributed by atoms with van der Waals surface area (Å²) < 4.78 is 5.34. The van der Waals surface area contributed by atoms with Crippen LogP contribution >= 0.6 is 11.3 Å². The highest BCUT2D eigenvalue weighted by Crippen LogP contribution is 2.11. The monoisotopic (exact) mass is 396 g/mol. The number of rotatable bonds is 9. The van der Waals surface area contributed by atoms with Crippen LogP contribution in [0, 0.1) is 0 Å². The molecule has 0 saturated heterocycles. The van der Waals surface area contributed by atoms with Crippen LogP contribution in [0.4, 0.5) is 0 Å². The summed E-state index contributed by atoms with van der Waals surface area (Å²) in [5, 5.41) is 7.75. The van der Waals surface area contributed by atoms with Gasteiger partial charge in [0.05, 0.1) is 11.1 Å². The van der Waals surface area contributed by atoms with Gasteiger partial charge < -0.3 is 15.1 Å². The highest BCUT2D eigenvalue weighted by atomic mass is 32.1. The van der Waals surface area contributed by atoms with Crippen molar-refractivity contribution in [3.05, 3.63) is 82.4 Å². The molecule has 2 heterocycles. The highest BCUT2D eigenvalue weighted by Gasteiger charge is 2.23. The molecule has 0 bridgehead atoms. The third kappa shape index (κ3) is 5.82. The molecule has 3 rings (SSSR count). The molecule has 0 radical (unpaired) electrons. The maximum atomic E-state index is 12.9. The summed E-state index contributed by atoms with van der Waals surface area (Å²) in [5.74, 6) is 0.489. The molecule has 2 amide bonds. The lowest BCUT2D eigenvalue weighted by molar-refractivity contribution is -0.123. The molecule has 146 valence electrons. The maximum absolute atomic E-state index is 12.9. The van der Waals surface area contributed by atoms with Gasteiger partial charge in [-0.15, -0.1) is 11.3 Å². The van der Waals surface area contributed by atoms with Gasteiger partial charge in [-0.2, -0.15) is 0 Å². The average molecular weight is 397 g/mol. The number of nitrogens with one attached hydrogen (secondary N) is 2. The molecule has 0 saturated carbocycles. The summed E-state index contributed by atoms with van der Waals surface area (Å²) in [7, 11) is 0. The van der Waals surface area contributed by atoms with Gasteiger partial charge in [-0.25, -0.2) is 0 Å². The van der Waals surface area contributed by atoms with Crippen LogP contribution in [0.2, 0.25) is 0 Å². The lowest BCUT2D eigenvalue weighted by Crippen LogP contribution is -2.50. The zero-order valence-corrected chi connectivity index (χ0v) is 16.6. The Balaban J connectivity index is 1.62. The Labute approximate surface area is 168 Å². The minimum Gasteiger partial charge on any atom is -0.469 e. The van der Waals surface area contributed by atoms with E-state index in [-0.39, 0.29) is 17.9 Å². The Morgan fingerprint density at radius 1 is 1.04 bits per heavy atom. The number of aryl methyl sites for hydroxylation is 1. The Morgan fingerprint density at radius 3 is 2.54 bits per heavy atom. The van der Waals surface area contributed by atoms with Crippen molar-refractivity contribution >= 4 is 23.2 Å². The topological polar surface area (TPSA) is 71.3 Å². The van der Waals surface area contributed by atoms with Gasteiger partial charge in [0, 0.05) is 18.9 Å². The molecule has 2 unspecified atom stereocenters. The molecule has 3 aromatic rings. The second-order valence-corrected chi connectivity index (χ2v) is 7.67. The van der Waals surface area contributed by atoms with Crippen molar-refractivity contribution in [2.45, 2.75) is 38.3 Å². The molecule has 5 nitrogen and oxygen atoms in total. The van der Waals surface area contributed by atoms with Crippen LogP contribution in [0.3, 0.4) is 0 Å². The van der Waals surface area contributed by atoms with Crippen LogP contribution in [0.1, 0.15) is 34.3 Å². The lowest BCUT2D eigenvalue weighted by Gasteiger charge is -2.21. The first-order valence-electron chi connectivity index (χ1n) is 9.33. The number of hydrogen-bond donors (Lipinski definition) is 2. The Kier molecular flexibility index (Phi) is 7.03. The molecule has 2 aromatic heterocycles. The van der Waals surface area contributed by atoms with E-state index >= 15 is 0 Å². The fraction of sp³-hybridized carbons (Fsp3) is 0.273. The fourth-order valence-corrected chi connectivity index (χ4v) is 3.55. The maximum Gasteiger partial charge on any atom is 0.262 e. The van der Waals surface area contributed by atoms with E-state index in [4.69, 9.17) is 4.42 Å². The third-order valence-corrected chi connectivity index (χ3v) is 5.31. The van der Waals surface area contributed by atoms with Crippen LogP contribution in [-0.2, 0) is 17.6 Å². The molecule has 0 aliphatic rings. The minimum absolute atomic E-state index is 0.0329. The predicted octanol–water partition coefficient (Wildman–Crippen LogP) is 3.82. The number of thiophene rings is 1. The van der Waals surface area contributed by atoms with Gasteiger partial charge in [-0.3, -0.25) is 9.59 Å². The van der Waals surface area contributed by atoms with Crippen LogP contribution in [0.25, 0.3) is 0 Å². The van der Waals surface area contributed by atoms with Gasteiger partial charge in [-0.1, -0.05) is 36.4 Å². The summed E-state index contributed by atoms with van der Waals surface area (Å²) in [4.78, 5) is 26.0. The van der Waals surface area contributed by atoms with Crippen molar-refractivity contribution in [3.8, 4) is 0 Å². The third-order valence-electron chi connectivity index (χ3n) is 4.44. The van der Waals surface area contributed by atoms with E-state index in [0.29, 0.717) is 11.3 Å². The van der Waals surface area contributed by atoms with Crippen molar-refractivity contribution < 1.29 is 14.0 Å². The molecule has 1 aromatic carbocycles. The van der Waals surface area contributed by atoms with Gasteiger partial charge in [0.15, 0.2) is 0 Å². The first-order valence-corrected chi connectivity index (χ1v) is 10.2. The fourth-order valence-electron chi connectivity index (χ4n) is 2.93. The molecular weight excluding hydrogens is 372 g/mol. The summed E-state index contributed by atoms with van der Waals surface area (Å²) in [5.41, 5.74) is 0.998. The molecule has 2 N–H and O–H groups in total. The molecule has 2 atom stereocenters. The number of hydrogen-bond acceptors (Lipinski definition) is 4. The van der Waals surface area contributed by atoms with Gasteiger partial charge >= 0.3 is 0 Å². The van der Waals surface area contributed by atoms with Crippen LogP contribution in [0.15, 0.2) is 70.7 Å². The van der Waals surface area contributed by atoms with E-state index in [2.05, 4.69) is 10.6 Å². The first-order chi connectivity index (χ1) is 13.6. The SMILES string of the molecule is CC(CCc1ccco1)NC(=O)C(Cc1ccccc1)NC(=O)c1cccs1. The van der Waals surface area contributed by atoms with Crippen molar-refractivity contribution in [1.82, 2.24) is 10.6 Å². The molecule has 0 fully saturated rings. The number of amides is 2. The van der Waals surface area contributed by atoms with Crippen LogP contribution in [-0.4, -0.2) is 23.9 Å². The quantitative estimate of drug-likeness (QED) is 0.578. The van der Waals surface area contributed by atoms with E-state index in [1.54, 1.807) is 12.3 Å². The van der Waals surface area contributed by atoms with Gasteiger partial charge in [-0.05, 0) is 42.5 Å². The molecule has 0 aliphatic heterocycles. The highest BCUT2D eigenvalue weighted by molar-refractivity contribution is 7.12. The molecule has 0 spiro atoms. The summed E-state index contributed by atoms with van der Waals surface area (Å²) >= 11 is 1.36. The average Bonchev–Trinajstić information content (AvgIpc) is 3.40. The van der Waals surface area contributed by atoms with E-state index < -0.39 is 6.04 Å². The van der Waals surface area contributed by atoms with Crippen molar-refractivity contribution in [3.63, 3.8) is 0 Å². The van der Waals surface area contributed by atoms with Crippen LogP contribution in [0.5, 0.6) is 0 Å². The predicted molar refractivity (Wildman–Crippen MR) is 110 cm³/mol. The van der Waals surface area contributed by atoms with Gasteiger partial charge in [0.1, 0.15) is 11.8 Å². The van der Waals surface area contributed by atoms with Crippen molar-refractivity contribution in [2.24, 2.45) is 0 Å². The largest absolute Gasteiger partial charge is 0.469 e. The second kappa shape index (κ2) is 9.90. The molecule has 6 heteroatoms.